The Bertz CT molecular complexity index is 1030. The SMILES string of the molecule is Cc1nc(NC(=O)c2nn(-c3ccccc3)c3c2CCC3)sc1SCC#N. The van der Waals surface area contributed by atoms with Crippen LogP contribution in [-0.2, 0) is 12.8 Å². The molecule has 2 aromatic heterocycles. The van der Waals surface area contributed by atoms with Crippen LogP contribution in [0.5, 0.6) is 0 Å². The number of nitrogens with one attached hydrogen (secondary N) is 1. The second-order valence-corrected chi connectivity index (χ2v) is 8.41. The Kier molecular flexibility index (Phi) is 4.97. The van der Waals surface area contributed by atoms with Crippen LogP contribution < -0.4 is 5.32 Å². The van der Waals surface area contributed by atoms with E-state index in [1.165, 1.54) is 23.1 Å². The van der Waals surface area contributed by atoms with Crippen LogP contribution in [0.2, 0.25) is 0 Å². The summed E-state index contributed by atoms with van der Waals surface area (Å²) in [5.74, 6) is 0.138. The van der Waals surface area contributed by atoms with Crippen LogP contribution in [0.1, 0.15) is 33.9 Å². The molecule has 0 bridgehead atoms. The number of carbonyl (C=O) groups excluding carboxylic acids is 1. The number of fused-ring (bicyclic) bond motifs is 1. The summed E-state index contributed by atoms with van der Waals surface area (Å²) >= 11 is 2.83. The highest BCUT2D eigenvalue weighted by molar-refractivity contribution is 8.01. The van der Waals surface area contributed by atoms with Gasteiger partial charge in [-0.3, -0.25) is 10.1 Å². The highest BCUT2D eigenvalue weighted by atomic mass is 32.2. The molecule has 6 nitrogen and oxygen atoms in total. The fourth-order valence-corrected chi connectivity index (χ4v) is 5.02. The summed E-state index contributed by atoms with van der Waals surface area (Å²) in [5, 5.41) is 16.8. The number of rotatable bonds is 5. The molecule has 1 aliphatic rings. The molecule has 1 N–H and O–H groups in total. The van der Waals surface area contributed by atoms with Gasteiger partial charge >= 0.3 is 0 Å². The molecule has 0 aliphatic heterocycles. The number of anilines is 1. The number of thiazole rings is 1. The van der Waals surface area contributed by atoms with Crippen molar-refractivity contribution in [2.45, 2.75) is 30.4 Å². The average molecular weight is 396 g/mol. The van der Waals surface area contributed by atoms with Gasteiger partial charge in [0.2, 0.25) is 0 Å². The maximum Gasteiger partial charge on any atom is 0.278 e. The van der Waals surface area contributed by atoms with E-state index in [1.54, 1.807) is 0 Å². The van der Waals surface area contributed by atoms with E-state index in [0.717, 1.165) is 46.1 Å². The predicted molar refractivity (Wildman–Crippen MR) is 107 cm³/mol. The van der Waals surface area contributed by atoms with Gasteiger partial charge in [-0.2, -0.15) is 10.4 Å². The Morgan fingerprint density at radius 3 is 2.96 bits per heavy atom. The Hall–Kier alpha value is -2.63. The largest absolute Gasteiger partial charge is 0.296 e. The first-order valence-corrected chi connectivity index (χ1v) is 10.4. The quantitative estimate of drug-likeness (QED) is 0.660. The van der Waals surface area contributed by atoms with Crippen molar-refractivity contribution in [1.29, 1.82) is 5.26 Å². The number of carbonyl (C=O) groups is 1. The maximum atomic E-state index is 12.9. The first-order valence-electron chi connectivity index (χ1n) is 8.62. The third kappa shape index (κ3) is 3.48. The number of nitriles is 1. The van der Waals surface area contributed by atoms with Gasteiger partial charge in [-0.25, -0.2) is 9.67 Å². The molecule has 0 saturated heterocycles. The van der Waals surface area contributed by atoms with E-state index in [9.17, 15) is 4.79 Å². The Labute approximate surface area is 165 Å². The first kappa shape index (κ1) is 17.8. The smallest absolute Gasteiger partial charge is 0.278 e. The second-order valence-electron chi connectivity index (χ2n) is 6.17. The van der Waals surface area contributed by atoms with E-state index in [2.05, 4.69) is 21.5 Å². The van der Waals surface area contributed by atoms with Gasteiger partial charge in [0.1, 0.15) is 0 Å². The molecular weight excluding hydrogens is 378 g/mol. The number of thioether (sulfide) groups is 1. The van der Waals surface area contributed by atoms with Crippen molar-refractivity contribution in [3.05, 3.63) is 53.0 Å². The van der Waals surface area contributed by atoms with Gasteiger partial charge in [0, 0.05) is 11.3 Å². The number of aromatic nitrogens is 3. The zero-order chi connectivity index (χ0) is 18.8. The van der Waals surface area contributed by atoms with Gasteiger partial charge in [0.25, 0.3) is 5.91 Å². The van der Waals surface area contributed by atoms with Gasteiger partial charge in [-0.15, -0.1) is 0 Å². The van der Waals surface area contributed by atoms with Crippen molar-refractivity contribution in [3.8, 4) is 11.8 Å². The minimum absolute atomic E-state index is 0.228. The molecule has 0 spiro atoms. The monoisotopic (exact) mass is 395 g/mol. The highest BCUT2D eigenvalue weighted by Crippen LogP contribution is 2.33. The molecule has 0 fully saturated rings. The molecular formula is C19H17N5OS2. The summed E-state index contributed by atoms with van der Waals surface area (Å²) in [6.07, 6.45) is 2.83. The standard InChI is InChI=1S/C19H17N5OS2/c1-12-18(26-11-10-20)27-19(21-12)22-17(25)16-14-8-5-9-15(14)24(23-16)13-6-3-2-4-7-13/h2-4,6-7H,5,8-9,11H2,1H3,(H,21,22,25). The fourth-order valence-electron chi connectivity index (χ4n) is 3.23. The molecule has 1 amide bonds. The molecule has 4 rings (SSSR count). The van der Waals surface area contributed by atoms with Crippen molar-refractivity contribution in [2.75, 3.05) is 11.1 Å². The van der Waals surface area contributed by atoms with Crippen molar-refractivity contribution >= 4 is 34.1 Å². The number of nitrogens with zero attached hydrogens (tertiary/aromatic N) is 4. The number of hydrogen-bond donors (Lipinski definition) is 1. The Balaban J connectivity index is 1.61. The number of aryl methyl sites for hydroxylation is 1. The number of benzene rings is 1. The fraction of sp³-hybridized carbons (Fsp3) is 0.263. The summed E-state index contributed by atoms with van der Waals surface area (Å²) in [6, 6.07) is 12.0. The van der Waals surface area contributed by atoms with Gasteiger partial charge < -0.3 is 0 Å². The van der Waals surface area contributed by atoms with Crippen molar-refractivity contribution in [1.82, 2.24) is 14.8 Å². The molecule has 3 aromatic rings. The summed E-state index contributed by atoms with van der Waals surface area (Å²) in [4.78, 5) is 17.3. The molecule has 2 heterocycles. The van der Waals surface area contributed by atoms with E-state index >= 15 is 0 Å². The van der Waals surface area contributed by atoms with Gasteiger partial charge in [-0.1, -0.05) is 41.3 Å². The third-order valence-corrected chi connectivity index (χ3v) is 6.69. The Morgan fingerprint density at radius 1 is 1.37 bits per heavy atom. The molecule has 8 heteroatoms. The van der Waals surface area contributed by atoms with E-state index in [-0.39, 0.29) is 5.91 Å². The zero-order valence-electron chi connectivity index (χ0n) is 14.7. The summed E-state index contributed by atoms with van der Waals surface area (Å²) in [6.45, 7) is 1.88. The Morgan fingerprint density at radius 2 is 2.19 bits per heavy atom. The summed E-state index contributed by atoms with van der Waals surface area (Å²) in [5.41, 5.74) is 4.42. The second kappa shape index (κ2) is 7.55. The van der Waals surface area contributed by atoms with Crippen LogP contribution in [0.25, 0.3) is 5.69 Å². The van der Waals surface area contributed by atoms with Crippen molar-refractivity contribution in [2.24, 2.45) is 0 Å². The molecule has 1 aliphatic carbocycles. The van der Waals surface area contributed by atoms with Crippen LogP contribution in [-0.4, -0.2) is 26.4 Å². The molecule has 0 saturated carbocycles. The summed E-state index contributed by atoms with van der Waals surface area (Å²) in [7, 11) is 0. The van der Waals surface area contributed by atoms with E-state index in [0.29, 0.717) is 16.6 Å². The summed E-state index contributed by atoms with van der Waals surface area (Å²) < 4.78 is 2.84. The van der Waals surface area contributed by atoms with Gasteiger partial charge in [0.05, 0.1) is 27.4 Å². The lowest BCUT2D eigenvalue weighted by atomic mass is 10.2. The number of amides is 1. The van der Waals surface area contributed by atoms with Crippen LogP contribution in [0.4, 0.5) is 5.13 Å². The third-order valence-electron chi connectivity index (χ3n) is 4.39. The zero-order valence-corrected chi connectivity index (χ0v) is 16.4. The predicted octanol–water partition coefficient (Wildman–Crippen LogP) is 3.99. The molecule has 0 radical (unpaired) electrons. The average Bonchev–Trinajstić information content (AvgIpc) is 3.36. The van der Waals surface area contributed by atoms with Crippen LogP contribution in [0.15, 0.2) is 34.5 Å². The molecule has 27 heavy (non-hydrogen) atoms. The topological polar surface area (TPSA) is 83.6 Å². The van der Waals surface area contributed by atoms with Gasteiger partial charge in [0.15, 0.2) is 10.8 Å². The highest BCUT2D eigenvalue weighted by Gasteiger charge is 2.27. The molecule has 0 atom stereocenters. The lowest BCUT2D eigenvalue weighted by Crippen LogP contribution is -2.14. The van der Waals surface area contributed by atoms with E-state index < -0.39 is 0 Å². The lowest BCUT2D eigenvalue weighted by molar-refractivity contribution is 0.102. The lowest BCUT2D eigenvalue weighted by Gasteiger charge is -2.04. The molecule has 1 aromatic carbocycles. The van der Waals surface area contributed by atoms with Crippen molar-refractivity contribution < 1.29 is 4.79 Å². The molecule has 136 valence electrons. The van der Waals surface area contributed by atoms with Crippen molar-refractivity contribution in [3.63, 3.8) is 0 Å². The normalized spacial score (nSPS) is 12.6. The number of hydrogen-bond acceptors (Lipinski definition) is 6. The van der Waals surface area contributed by atoms with Gasteiger partial charge in [-0.05, 0) is 38.3 Å². The minimum atomic E-state index is -0.228. The van der Waals surface area contributed by atoms with Crippen LogP contribution in [0, 0.1) is 18.3 Å². The number of para-hydroxylation sites is 1. The van der Waals surface area contributed by atoms with E-state index in [4.69, 9.17) is 5.26 Å². The van der Waals surface area contributed by atoms with E-state index in [1.807, 2.05) is 41.9 Å². The molecule has 0 unspecified atom stereocenters. The van der Waals surface area contributed by atoms with Crippen LogP contribution in [0.3, 0.4) is 0 Å². The first-order chi connectivity index (χ1) is 13.2. The maximum absolute atomic E-state index is 12.9. The van der Waals surface area contributed by atoms with Crippen LogP contribution >= 0.6 is 23.1 Å². The minimum Gasteiger partial charge on any atom is -0.296 e.